The number of hydrogen-bond acceptors (Lipinski definition) is 27. The van der Waals surface area contributed by atoms with Gasteiger partial charge < -0.3 is 77.2 Å². The van der Waals surface area contributed by atoms with Crippen LogP contribution in [0.2, 0.25) is 20.1 Å². The van der Waals surface area contributed by atoms with Crippen molar-refractivity contribution in [1.29, 1.82) is 10.5 Å². The van der Waals surface area contributed by atoms with Crippen LogP contribution in [0.4, 0.5) is 11.4 Å². The fourth-order valence-electron chi connectivity index (χ4n) is 12.8. The van der Waals surface area contributed by atoms with E-state index in [-0.39, 0.29) is 68.9 Å². The Balaban J connectivity index is 0.000000179. The van der Waals surface area contributed by atoms with Crippen molar-refractivity contribution in [2.45, 2.75) is 131 Å². The summed E-state index contributed by atoms with van der Waals surface area (Å²) in [6, 6.07) is 67.3. The molecule has 2 unspecified atom stereocenters. The zero-order valence-corrected chi connectivity index (χ0v) is 82.6. The number of benzene rings is 9. The second-order valence-electron chi connectivity index (χ2n) is 32.9. The third kappa shape index (κ3) is 28.5. The number of rotatable bonds is 15. The second-order valence-corrected chi connectivity index (χ2v) is 35.5. The zero-order chi connectivity index (χ0) is 101. The molecule has 2 aliphatic rings. The molecule has 0 bridgehead atoms. The number of methoxy groups -OCH3 is 3. The normalized spacial score (nSPS) is 13.8. The molecule has 14 aromatic rings. The molecular formula is C102H96B2BrCl4N9O20. The number of nitriles is 2. The van der Waals surface area contributed by atoms with E-state index in [2.05, 4.69) is 79.5 Å². The molecule has 29 nitrogen and oxygen atoms in total. The molecule has 5 aromatic heterocycles. The maximum Gasteiger partial charge on any atom is 0.494 e. The van der Waals surface area contributed by atoms with Gasteiger partial charge in [0.2, 0.25) is 0 Å². The number of nitrogens with zero attached hydrogens (tertiary/aromatic N) is 5. The second kappa shape index (κ2) is 48.0. The Bertz CT molecular complexity index is 7000. The molecule has 7 heterocycles. The van der Waals surface area contributed by atoms with Crippen LogP contribution < -0.4 is 48.7 Å². The lowest BCUT2D eigenvalue weighted by Crippen LogP contribution is -2.41. The molecule has 2 saturated heterocycles. The van der Waals surface area contributed by atoms with Gasteiger partial charge >= 0.3 is 37.4 Å². The standard InChI is InChI=1S/C21H25BN2O2.C18H22BN3O3.C11H8ClNO3.C11H8ClNO2.C11H7ClO4.C11H7ClO3.C10H9NO.C9H10BrNO2/c1-15-6-12-18(13-7-15)24-19(14-23)16-8-10-17(11-9-16)22-25-20(2,3)21(4,5)26-22;1-12-10-15(22-23-12)16(11-20)21-14-8-6-13(7-9-14)19-24-17(2,3)18(4,5)25-19;1-16-11(15)8-5-6-4-7(12)2-3-9(6)13-10(8)14;1-6(14)9-5-7-4-8(12)2-3-10(7)13-11(9)15;1-15-10(13)8-5-6-4-7(12)2-3-9(6)16-11(8)14;1-6(13)9-5-7-4-8(12)2-3-10(7)15-11(9)14;1-3-9-4-6-10(7-5-9)8(2)11-12;1-6(11-12)7-3-4-9(13-2)8(10)5-7/h6-13,19,24H,1-5H3;6-10,16,21H,1-5H3;2-5H,1H3,(H,13,14);2-5H,1H3,(H,13,15);2-5H,1H3;2-5H,1H3;1,4-7,12H,2H3;3-5,12H,1-2H3/b;;;;;;11-8+;11-6+. The number of carbonyl (C=O) groups excluding carboxylic acids is 4. The van der Waals surface area contributed by atoms with Crippen LogP contribution in [-0.4, -0.2) is 118 Å². The molecule has 710 valence electrons. The number of aromatic nitrogens is 3. The van der Waals surface area contributed by atoms with Crippen LogP contribution in [0.15, 0.2) is 266 Å². The van der Waals surface area contributed by atoms with Gasteiger partial charge in [-0.25, -0.2) is 19.2 Å². The number of aryl methyl sites for hydroxylation is 2. The Labute approximate surface area is 823 Å². The third-order valence-electron chi connectivity index (χ3n) is 22.0. The van der Waals surface area contributed by atoms with Crippen LogP contribution in [0.1, 0.15) is 176 Å². The Morgan fingerprint density at radius 2 is 0.877 bits per heavy atom. The number of nitrogens with one attached hydrogen (secondary N) is 4. The maximum atomic E-state index is 11.5. The van der Waals surface area contributed by atoms with E-state index in [0.29, 0.717) is 81.3 Å². The Morgan fingerprint density at radius 1 is 0.486 bits per heavy atom. The number of H-pyrrole nitrogens is 2. The number of aromatic amines is 2. The van der Waals surface area contributed by atoms with Crippen LogP contribution in [-0.2, 0) is 28.1 Å². The van der Waals surface area contributed by atoms with Crippen molar-refractivity contribution in [2.75, 3.05) is 32.0 Å². The highest BCUT2D eigenvalue weighted by atomic mass is 79.9. The molecule has 0 aliphatic carbocycles. The van der Waals surface area contributed by atoms with Gasteiger partial charge in [0, 0.05) is 81.2 Å². The smallest absolute Gasteiger partial charge is 0.494 e. The van der Waals surface area contributed by atoms with Gasteiger partial charge in [0.15, 0.2) is 17.6 Å². The van der Waals surface area contributed by atoms with Crippen molar-refractivity contribution in [3.63, 3.8) is 0 Å². The van der Waals surface area contributed by atoms with Gasteiger partial charge in [0.1, 0.15) is 51.1 Å². The predicted octanol–water partition coefficient (Wildman–Crippen LogP) is 20.7. The van der Waals surface area contributed by atoms with Crippen molar-refractivity contribution in [2.24, 2.45) is 10.3 Å². The molecule has 36 heteroatoms. The first kappa shape index (κ1) is 107. The van der Waals surface area contributed by atoms with E-state index in [1.165, 1.54) is 51.8 Å². The van der Waals surface area contributed by atoms with Crippen LogP contribution >= 0.6 is 62.3 Å². The first-order valence-electron chi connectivity index (χ1n) is 42.1. The highest BCUT2D eigenvalue weighted by molar-refractivity contribution is 9.10. The van der Waals surface area contributed by atoms with Gasteiger partial charge in [0.25, 0.3) is 11.1 Å². The first-order valence-corrected chi connectivity index (χ1v) is 44.4. The highest BCUT2D eigenvalue weighted by Gasteiger charge is 2.53. The number of pyridine rings is 2. The molecule has 0 spiro atoms. The number of carbonyl (C=O) groups is 4. The van der Waals surface area contributed by atoms with Crippen LogP contribution in [0.3, 0.4) is 0 Å². The van der Waals surface area contributed by atoms with E-state index in [9.17, 15) is 48.9 Å². The van der Waals surface area contributed by atoms with Crippen molar-refractivity contribution in [3.8, 4) is 30.2 Å². The minimum Gasteiger partial charge on any atom is -0.496 e. The Hall–Kier alpha value is -14.2. The maximum absolute atomic E-state index is 11.5. The number of anilines is 2. The topological polar surface area (TPSA) is 422 Å². The molecule has 16 rings (SSSR count). The SMILES string of the molecule is C#Cc1ccc(/C(C)=N/O)cc1.CC(=O)c1cc2cc(Cl)ccc2[nH]c1=O.CC(=O)c1cc2cc(Cl)ccc2oc1=O.COC(=O)c1cc2cc(Cl)ccc2[nH]c1=O.COC(=O)c1cc2cc(Cl)ccc2oc1=O.COc1ccc(/C(C)=N/O)cc1Br.Cc1cc(C(C#N)Nc2ccc(B3OC(C)(C)C(C)(C)O3)cc2)no1.Cc1ccc(NC(C#N)c2ccc(B3OC(C)(C)C(C)(C)O3)cc2)cc1. The third-order valence-corrected chi connectivity index (χ3v) is 23.6. The fraction of sp³-hybridized carbons (Fsp3) is 0.225. The average molecular weight is 2010 g/mol. The van der Waals surface area contributed by atoms with Crippen LogP contribution in [0, 0.1) is 48.9 Å². The first-order chi connectivity index (χ1) is 65.3. The Kier molecular flexibility index (Phi) is 37.4. The van der Waals surface area contributed by atoms with E-state index in [4.69, 9.17) is 100.0 Å². The minimum atomic E-state index is -0.726. The molecule has 2 aliphatic heterocycles. The lowest BCUT2D eigenvalue weighted by molar-refractivity contribution is 0.00578. The summed E-state index contributed by atoms with van der Waals surface area (Å²) in [6.07, 6.45) is 5.18. The molecule has 9 aromatic carbocycles. The summed E-state index contributed by atoms with van der Waals surface area (Å²) in [5.74, 6) is 1.99. The summed E-state index contributed by atoms with van der Waals surface area (Å²) in [5, 5.41) is 57.2. The fourth-order valence-corrected chi connectivity index (χ4v) is 14.0. The minimum absolute atomic E-state index is 0.0303. The molecule has 138 heavy (non-hydrogen) atoms. The van der Waals surface area contributed by atoms with E-state index in [1.54, 1.807) is 113 Å². The molecule has 0 saturated carbocycles. The molecule has 2 fully saturated rings. The average Bonchev–Trinajstić information content (AvgIpc) is 1.62. The number of fused-ring (bicyclic) bond motifs is 4. The van der Waals surface area contributed by atoms with Crippen molar-refractivity contribution >= 4 is 178 Å². The molecular weight excluding hydrogens is 1910 g/mol. The lowest BCUT2D eigenvalue weighted by Gasteiger charge is -2.32. The number of ketones is 2. The van der Waals surface area contributed by atoms with E-state index < -0.39 is 48.0 Å². The summed E-state index contributed by atoms with van der Waals surface area (Å²) < 4.78 is 54.1. The zero-order valence-electron chi connectivity index (χ0n) is 78.0. The summed E-state index contributed by atoms with van der Waals surface area (Å²) >= 11 is 26.5. The summed E-state index contributed by atoms with van der Waals surface area (Å²) in [6.45, 7) is 26.3. The van der Waals surface area contributed by atoms with Crippen LogP contribution in [0.5, 0.6) is 5.75 Å². The summed E-state index contributed by atoms with van der Waals surface area (Å²) in [4.78, 5) is 95.7. The van der Waals surface area contributed by atoms with Gasteiger partial charge in [-0.05, 0) is 287 Å². The van der Waals surface area contributed by atoms with E-state index >= 15 is 0 Å². The molecule has 6 N–H and O–H groups in total. The number of esters is 2. The lowest BCUT2D eigenvalue weighted by atomic mass is 9.78. The van der Waals surface area contributed by atoms with Gasteiger partial charge in [-0.1, -0.05) is 134 Å². The van der Waals surface area contributed by atoms with Crippen molar-refractivity contribution in [3.05, 3.63) is 346 Å². The molecule has 2 atom stereocenters. The van der Waals surface area contributed by atoms with Gasteiger partial charge in [0.05, 0.1) is 77.3 Å². The van der Waals surface area contributed by atoms with Gasteiger partial charge in [-0.3, -0.25) is 19.2 Å². The largest absolute Gasteiger partial charge is 0.496 e. The number of Topliss-reactive ketones (excluding diaryl/α,β-unsaturated/α-hetero) is 2. The number of hydrogen-bond donors (Lipinski definition) is 6. The highest BCUT2D eigenvalue weighted by Crippen LogP contribution is 2.39. The molecule has 0 radical (unpaired) electrons. The number of halogens is 5. The quantitative estimate of drug-likeness (QED) is 0.00811. The number of ether oxygens (including phenoxy) is 3. The van der Waals surface area contributed by atoms with E-state index in [0.717, 1.165) is 60.2 Å². The van der Waals surface area contributed by atoms with Gasteiger partial charge in [-0.15, -0.1) is 6.42 Å². The predicted molar refractivity (Wildman–Crippen MR) is 541 cm³/mol. The number of terminal acetylenes is 1. The molecule has 0 amide bonds. The van der Waals surface area contributed by atoms with Gasteiger partial charge in [-0.2, -0.15) is 10.5 Å². The van der Waals surface area contributed by atoms with E-state index in [1.807, 2.05) is 178 Å². The van der Waals surface area contributed by atoms with Crippen molar-refractivity contribution < 1.29 is 75.8 Å². The van der Waals surface area contributed by atoms with Crippen molar-refractivity contribution in [1.82, 2.24) is 15.1 Å². The number of oxime groups is 2. The van der Waals surface area contributed by atoms with Crippen LogP contribution in [0.25, 0.3) is 43.7 Å². The summed E-state index contributed by atoms with van der Waals surface area (Å²) in [5.41, 5.74) is 8.51. The summed E-state index contributed by atoms with van der Waals surface area (Å²) in [7, 11) is 3.24. The monoisotopic (exact) mass is 2010 g/mol. The Morgan fingerprint density at radius 3 is 1.30 bits per heavy atom.